The third kappa shape index (κ3) is 4.10. The predicted molar refractivity (Wildman–Crippen MR) is 70.7 cm³/mol. The summed E-state index contributed by atoms with van der Waals surface area (Å²) in [6.07, 6.45) is 1.60. The Kier molecular flexibility index (Phi) is 4.68. The third-order valence-electron chi connectivity index (χ3n) is 2.55. The Labute approximate surface area is 109 Å². The first-order valence-electron chi connectivity index (χ1n) is 5.70. The van der Waals surface area contributed by atoms with Crippen molar-refractivity contribution in [3.8, 4) is 0 Å². The number of nitrogens with zero attached hydrogens (tertiary/aromatic N) is 2. The Bertz CT molecular complexity index is 426. The van der Waals surface area contributed by atoms with Crippen LogP contribution in [0.15, 0.2) is 16.5 Å². The summed E-state index contributed by atoms with van der Waals surface area (Å²) in [5, 5.41) is 5.83. The van der Waals surface area contributed by atoms with Crippen molar-refractivity contribution >= 4 is 23.6 Å². The fourth-order valence-corrected chi connectivity index (χ4v) is 2.49. The van der Waals surface area contributed by atoms with Crippen LogP contribution in [0.4, 0.5) is 4.79 Å². The van der Waals surface area contributed by atoms with E-state index in [1.54, 1.807) is 17.6 Å². The van der Waals surface area contributed by atoms with Crippen LogP contribution in [-0.4, -0.2) is 43.4 Å². The van der Waals surface area contributed by atoms with Crippen molar-refractivity contribution in [3.05, 3.63) is 21.9 Å². The summed E-state index contributed by atoms with van der Waals surface area (Å²) >= 11 is 1.59. The fraction of sp³-hybridized carbons (Fsp3) is 0.455. The van der Waals surface area contributed by atoms with E-state index >= 15 is 0 Å². The second-order valence-electron chi connectivity index (χ2n) is 3.98. The molecule has 1 saturated heterocycles. The number of carbonyl (C=O) groups is 1. The minimum absolute atomic E-state index is 0.656. The number of morpholine rings is 1. The minimum Gasteiger partial charge on any atom is -0.379 e. The van der Waals surface area contributed by atoms with Crippen molar-refractivity contribution in [2.24, 2.45) is 10.8 Å². The highest BCUT2D eigenvalue weighted by Gasteiger charge is 2.11. The first kappa shape index (κ1) is 13.0. The van der Waals surface area contributed by atoms with E-state index in [-0.39, 0.29) is 0 Å². The molecule has 1 aromatic rings. The molecule has 2 heterocycles. The van der Waals surface area contributed by atoms with E-state index in [9.17, 15) is 4.79 Å². The molecular weight excluding hydrogens is 252 g/mol. The Hall–Kier alpha value is -1.44. The zero-order valence-electron chi connectivity index (χ0n) is 9.96. The molecule has 0 atom stereocenters. The van der Waals surface area contributed by atoms with Gasteiger partial charge in [-0.3, -0.25) is 4.90 Å². The number of hydrogen-bond donors (Lipinski definition) is 2. The van der Waals surface area contributed by atoms with E-state index < -0.39 is 6.03 Å². The van der Waals surface area contributed by atoms with Crippen LogP contribution in [0.25, 0.3) is 0 Å². The second-order valence-corrected chi connectivity index (χ2v) is 4.92. The lowest BCUT2D eigenvalue weighted by atomic mass is 10.3. The van der Waals surface area contributed by atoms with Gasteiger partial charge < -0.3 is 10.5 Å². The average molecular weight is 268 g/mol. The molecule has 2 rings (SSSR count). The first-order chi connectivity index (χ1) is 8.74. The monoisotopic (exact) mass is 268 g/mol. The van der Waals surface area contributed by atoms with Crippen molar-refractivity contribution in [1.82, 2.24) is 10.3 Å². The highest BCUT2D eigenvalue weighted by molar-refractivity contribution is 7.11. The lowest BCUT2D eigenvalue weighted by molar-refractivity contribution is 0.0342. The summed E-state index contributed by atoms with van der Waals surface area (Å²) in [4.78, 5) is 13.8. The number of hydrazone groups is 1. The summed E-state index contributed by atoms with van der Waals surface area (Å²) in [5.41, 5.74) is 8.33. The van der Waals surface area contributed by atoms with Gasteiger partial charge in [0.1, 0.15) is 0 Å². The molecule has 2 amide bonds. The standard InChI is InChI=1S/C11H16N4O2S/c12-11(16)14-13-6-10-5-9(8-18-10)7-15-1-3-17-4-2-15/h5-6,8H,1-4,7H2,(H3,12,14,16)/b13-6-. The van der Waals surface area contributed by atoms with Gasteiger partial charge in [-0.15, -0.1) is 11.3 Å². The number of amides is 2. The van der Waals surface area contributed by atoms with Gasteiger partial charge in [-0.05, 0) is 17.0 Å². The molecule has 7 heteroatoms. The average Bonchev–Trinajstić information content (AvgIpc) is 2.78. The number of ether oxygens (including phenoxy) is 1. The van der Waals surface area contributed by atoms with Crippen molar-refractivity contribution in [1.29, 1.82) is 0 Å². The van der Waals surface area contributed by atoms with Crippen molar-refractivity contribution in [3.63, 3.8) is 0 Å². The highest BCUT2D eigenvalue weighted by atomic mass is 32.1. The summed E-state index contributed by atoms with van der Waals surface area (Å²) in [6.45, 7) is 4.49. The predicted octanol–water partition coefficient (Wildman–Crippen LogP) is 0.582. The molecule has 3 N–H and O–H groups in total. The zero-order chi connectivity index (χ0) is 12.8. The zero-order valence-corrected chi connectivity index (χ0v) is 10.8. The molecule has 1 aliphatic heterocycles. The Balaban J connectivity index is 1.85. The molecular formula is C11H16N4O2S. The molecule has 0 aromatic carbocycles. The topological polar surface area (TPSA) is 80.0 Å². The van der Waals surface area contributed by atoms with Crippen molar-refractivity contribution in [2.75, 3.05) is 26.3 Å². The lowest BCUT2D eigenvalue weighted by Crippen LogP contribution is -2.35. The van der Waals surface area contributed by atoms with Crippen molar-refractivity contribution in [2.45, 2.75) is 6.54 Å². The molecule has 0 spiro atoms. The van der Waals surface area contributed by atoms with E-state index in [0.29, 0.717) is 0 Å². The van der Waals surface area contributed by atoms with E-state index in [4.69, 9.17) is 10.5 Å². The molecule has 0 unspecified atom stereocenters. The largest absolute Gasteiger partial charge is 0.379 e. The molecule has 0 radical (unpaired) electrons. The van der Waals surface area contributed by atoms with Gasteiger partial charge in [0.25, 0.3) is 0 Å². The van der Waals surface area contributed by atoms with E-state index in [1.807, 2.05) is 0 Å². The normalized spacial score (nSPS) is 17.1. The number of hydrogen-bond acceptors (Lipinski definition) is 5. The number of rotatable bonds is 4. The number of thiophene rings is 1. The van der Waals surface area contributed by atoms with E-state index in [2.05, 4.69) is 26.9 Å². The third-order valence-corrected chi connectivity index (χ3v) is 3.47. The molecule has 1 aliphatic rings. The maximum Gasteiger partial charge on any atom is 0.332 e. The van der Waals surface area contributed by atoms with Crippen LogP contribution in [-0.2, 0) is 11.3 Å². The van der Waals surface area contributed by atoms with Gasteiger partial charge in [0.2, 0.25) is 0 Å². The molecule has 18 heavy (non-hydrogen) atoms. The summed E-state index contributed by atoms with van der Waals surface area (Å²) in [7, 11) is 0. The maximum absolute atomic E-state index is 10.4. The number of nitrogens with two attached hydrogens (primary N) is 1. The molecule has 0 bridgehead atoms. The summed E-state index contributed by atoms with van der Waals surface area (Å²) in [6, 6.07) is 1.41. The van der Waals surface area contributed by atoms with Crippen LogP contribution in [0.2, 0.25) is 0 Å². The van der Waals surface area contributed by atoms with Gasteiger partial charge in [-0.25, -0.2) is 10.2 Å². The van der Waals surface area contributed by atoms with Crippen molar-refractivity contribution < 1.29 is 9.53 Å². The number of nitrogens with one attached hydrogen (secondary N) is 1. The Morgan fingerprint density at radius 3 is 3.11 bits per heavy atom. The summed E-state index contributed by atoms with van der Waals surface area (Å²) < 4.78 is 5.31. The lowest BCUT2D eigenvalue weighted by Gasteiger charge is -2.26. The molecule has 6 nitrogen and oxygen atoms in total. The highest BCUT2D eigenvalue weighted by Crippen LogP contribution is 2.15. The minimum atomic E-state index is -0.656. The van der Waals surface area contributed by atoms with E-state index in [1.165, 1.54) is 5.56 Å². The van der Waals surface area contributed by atoms with Crippen LogP contribution in [0.1, 0.15) is 10.4 Å². The van der Waals surface area contributed by atoms with Crippen LogP contribution in [0.5, 0.6) is 0 Å². The smallest absolute Gasteiger partial charge is 0.332 e. The van der Waals surface area contributed by atoms with Crippen LogP contribution in [0.3, 0.4) is 0 Å². The quantitative estimate of drug-likeness (QED) is 0.619. The molecule has 0 aliphatic carbocycles. The number of primary amides is 1. The Morgan fingerprint density at radius 2 is 2.39 bits per heavy atom. The van der Waals surface area contributed by atoms with Crippen LogP contribution >= 0.6 is 11.3 Å². The summed E-state index contributed by atoms with van der Waals surface area (Å²) in [5.74, 6) is 0. The maximum atomic E-state index is 10.4. The first-order valence-corrected chi connectivity index (χ1v) is 6.58. The van der Waals surface area contributed by atoms with Gasteiger partial charge >= 0.3 is 6.03 Å². The molecule has 98 valence electrons. The second kappa shape index (κ2) is 6.48. The van der Waals surface area contributed by atoms with Gasteiger partial charge in [-0.1, -0.05) is 0 Å². The SMILES string of the molecule is NC(=O)N/N=C\c1cc(CN2CCOCC2)cs1. The van der Waals surface area contributed by atoms with Gasteiger partial charge in [0.05, 0.1) is 19.4 Å². The number of urea groups is 1. The van der Waals surface area contributed by atoms with Gasteiger partial charge in [0, 0.05) is 24.5 Å². The van der Waals surface area contributed by atoms with Gasteiger partial charge in [-0.2, -0.15) is 5.10 Å². The number of carbonyl (C=O) groups excluding carboxylic acids is 1. The fourth-order valence-electron chi connectivity index (χ4n) is 1.72. The molecule has 1 aromatic heterocycles. The van der Waals surface area contributed by atoms with Crippen LogP contribution in [0, 0.1) is 0 Å². The molecule has 1 fully saturated rings. The van der Waals surface area contributed by atoms with Crippen LogP contribution < -0.4 is 11.2 Å². The Morgan fingerprint density at radius 1 is 1.61 bits per heavy atom. The van der Waals surface area contributed by atoms with Gasteiger partial charge in [0.15, 0.2) is 0 Å². The molecule has 0 saturated carbocycles. The van der Waals surface area contributed by atoms with E-state index in [0.717, 1.165) is 37.7 Å².